The number of amides is 1. The number of carbonyl (C=O) groups excluding carboxylic acids is 1. The highest BCUT2D eigenvalue weighted by Crippen LogP contribution is 2.32. The minimum Gasteiger partial charge on any atom is -0.497 e. The van der Waals surface area contributed by atoms with Crippen molar-refractivity contribution >= 4 is 11.6 Å². The van der Waals surface area contributed by atoms with Gasteiger partial charge in [-0.05, 0) is 29.7 Å². The van der Waals surface area contributed by atoms with E-state index in [0.717, 1.165) is 17.7 Å². The zero-order valence-corrected chi connectivity index (χ0v) is 13.7. The number of para-hydroxylation sites is 1. The Morgan fingerprint density at radius 3 is 2.38 bits per heavy atom. The largest absolute Gasteiger partial charge is 0.497 e. The van der Waals surface area contributed by atoms with Crippen LogP contribution in [0.1, 0.15) is 24.8 Å². The summed E-state index contributed by atoms with van der Waals surface area (Å²) in [6.45, 7) is 1.83. The van der Waals surface area contributed by atoms with Gasteiger partial charge in [-0.1, -0.05) is 19.1 Å². The van der Waals surface area contributed by atoms with Crippen LogP contribution in [0.15, 0.2) is 36.4 Å². The molecule has 24 heavy (non-hydrogen) atoms. The van der Waals surface area contributed by atoms with Gasteiger partial charge in [-0.2, -0.15) is 0 Å². The van der Waals surface area contributed by atoms with Crippen molar-refractivity contribution in [3.05, 3.63) is 53.6 Å². The Morgan fingerprint density at radius 1 is 1.12 bits per heavy atom. The lowest BCUT2D eigenvalue weighted by molar-refractivity contribution is -0.116. The molecule has 2 aromatic rings. The van der Waals surface area contributed by atoms with Crippen LogP contribution in [-0.2, 0) is 4.79 Å². The average molecular weight is 335 g/mol. The number of ether oxygens (including phenoxy) is 2. The maximum Gasteiger partial charge on any atom is 0.225 e. The highest BCUT2D eigenvalue weighted by molar-refractivity contribution is 5.91. The van der Waals surface area contributed by atoms with Crippen LogP contribution in [0.25, 0.3) is 0 Å². The second-order valence-corrected chi connectivity index (χ2v) is 5.36. The number of hydrogen-bond acceptors (Lipinski definition) is 3. The van der Waals surface area contributed by atoms with Crippen molar-refractivity contribution < 1.29 is 23.0 Å². The standard InChI is InChI=1S/C18H19F2NO3/c1-11(13-8-7-12(23-2)10-16(13)24-3)9-17(22)21-18-14(19)5-4-6-15(18)20/h4-8,10-11H,9H2,1-3H3,(H,21,22). The van der Waals surface area contributed by atoms with Gasteiger partial charge in [0.25, 0.3) is 0 Å². The summed E-state index contributed by atoms with van der Waals surface area (Å²) in [6.07, 6.45) is 0.0520. The van der Waals surface area contributed by atoms with Crippen molar-refractivity contribution in [2.24, 2.45) is 0 Å². The zero-order valence-electron chi connectivity index (χ0n) is 13.7. The molecule has 2 aromatic carbocycles. The predicted octanol–water partition coefficient (Wildman–Crippen LogP) is 4.11. The van der Waals surface area contributed by atoms with Crippen LogP contribution in [0, 0.1) is 11.6 Å². The number of rotatable bonds is 6. The number of nitrogens with one attached hydrogen (secondary N) is 1. The minimum atomic E-state index is -0.807. The summed E-state index contributed by atoms with van der Waals surface area (Å²) in [6, 6.07) is 8.72. The molecule has 0 aromatic heterocycles. The van der Waals surface area contributed by atoms with Gasteiger partial charge in [0.1, 0.15) is 28.8 Å². The quantitative estimate of drug-likeness (QED) is 0.864. The van der Waals surface area contributed by atoms with Crippen LogP contribution < -0.4 is 14.8 Å². The molecule has 0 heterocycles. The molecule has 1 N–H and O–H groups in total. The second kappa shape index (κ2) is 7.77. The van der Waals surface area contributed by atoms with E-state index in [1.807, 2.05) is 6.92 Å². The van der Waals surface area contributed by atoms with Gasteiger partial charge in [-0.15, -0.1) is 0 Å². The van der Waals surface area contributed by atoms with Gasteiger partial charge < -0.3 is 14.8 Å². The van der Waals surface area contributed by atoms with Crippen LogP contribution in [0.4, 0.5) is 14.5 Å². The molecule has 0 aliphatic heterocycles. The molecule has 0 saturated carbocycles. The highest BCUT2D eigenvalue weighted by atomic mass is 19.1. The van der Waals surface area contributed by atoms with Crippen LogP contribution in [0.3, 0.4) is 0 Å². The molecule has 0 aliphatic carbocycles. The van der Waals surface area contributed by atoms with Gasteiger partial charge >= 0.3 is 0 Å². The van der Waals surface area contributed by atoms with Crippen molar-refractivity contribution in [3.8, 4) is 11.5 Å². The Kier molecular flexibility index (Phi) is 5.73. The van der Waals surface area contributed by atoms with E-state index in [0.29, 0.717) is 11.5 Å². The molecule has 6 heteroatoms. The summed E-state index contributed by atoms with van der Waals surface area (Å²) in [5.74, 6) is -1.08. The van der Waals surface area contributed by atoms with Gasteiger partial charge in [0.05, 0.1) is 14.2 Å². The third-order valence-corrected chi connectivity index (χ3v) is 3.69. The molecule has 0 aliphatic rings. The Hall–Kier alpha value is -2.63. The van der Waals surface area contributed by atoms with E-state index in [4.69, 9.17) is 9.47 Å². The maximum absolute atomic E-state index is 13.6. The van der Waals surface area contributed by atoms with Crippen LogP contribution in [0.5, 0.6) is 11.5 Å². The van der Waals surface area contributed by atoms with Crippen LogP contribution in [-0.4, -0.2) is 20.1 Å². The van der Waals surface area contributed by atoms with E-state index in [1.54, 1.807) is 25.3 Å². The van der Waals surface area contributed by atoms with Crippen LogP contribution in [0.2, 0.25) is 0 Å². The van der Waals surface area contributed by atoms with Crippen molar-refractivity contribution in [1.82, 2.24) is 0 Å². The number of benzene rings is 2. The normalized spacial score (nSPS) is 11.7. The van der Waals surface area contributed by atoms with Gasteiger partial charge in [0.15, 0.2) is 0 Å². The summed E-state index contributed by atoms with van der Waals surface area (Å²) < 4.78 is 37.6. The second-order valence-electron chi connectivity index (χ2n) is 5.36. The molecule has 0 radical (unpaired) electrons. The van der Waals surface area contributed by atoms with Crippen molar-refractivity contribution in [1.29, 1.82) is 0 Å². The number of methoxy groups -OCH3 is 2. The van der Waals surface area contributed by atoms with E-state index in [1.165, 1.54) is 13.2 Å². The first-order chi connectivity index (χ1) is 11.5. The molecular formula is C18H19F2NO3. The van der Waals surface area contributed by atoms with E-state index >= 15 is 0 Å². The third-order valence-electron chi connectivity index (χ3n) is 3.69. The lowest BCUT2D eigenvalue weighted by Crippen LogP contribution is -2.16. The zero-order chi connectivity index (χ0) is 17.7. The average Bonchev–Trinajstić information content (AvgIpc) is 2.57. The first kappa shape index (κ1) is 17.7. The lowest BCUT2D eigenvalue weighted by Gasteiger charge is -2.16. The van der Waals surface area contributed by atoms with Gasteiger partial charge in [0.2, 0.25) is 5.91 Å². The molecule has 0 spiro atoms. The molecule has 1 unspecified atom stereocenters. The van der Waals surface area contributed by atoms with E-state index in [9.17, 15) is 13.6 Å². The first-order valence-corrected chi connectivity index (χ1v) is 7.42. The number of carbonyl (C=O) groups is 1. The fourth-order valence-electron chi connectivity index (χ4n) is 2.42. The van der Waals surface area contributed by atoms with E-state index in [-0.39, 0.29) is 12.3 Å². The molecule has 4 nitrogen and oxygen atoms in total. The Morgan fingerprint density at radius 2 is 1.79 bits per heavy atom. The van der Waals surface area contributed by atoms with Gasteiger partial charge in [-0.3, -0.25) is 4.79 Å². The van der Waals surface area contributed by atoms with Gasteiger partial charge in [0, 0.05) is 12.5 Å². The fraction of sp³-hybridized carbons (Fsp3) is 0.278. The first-order valence-electron chi connectivity index (χ1n) is 7.42. The fourth-order valence-corrected chi connectivity index (χ4v) is 2.42. The monoisotopic (exact) mass is 335 g/mol. The molecule has 1 amide bonds. The summed E-state index contributed by atoms with van der Waals surface area (Å²) in [5.41, 5.74) is 0.374. The SMILES string of the molecule is COc1ccc(C(C)CC(=O)Nc2c(F)cccc2F)c(OC)c1. The summed E-state index contributed by atoms with van der Waals surface area (Å²) >= 11 is 0. The predicted molar refractivity (Wildman–Crippen MR) is 87.6 cm³/mol. The molecule has 1 atom stereocenters. The van der Waals surface area contributed by atoms with E-state index in [2.05, 4.69) is 5.32 Å². The summed E-state index contributed by atoms with van der Waals surface area (Å²) in [7, 11) is 3.08. The third kappa shape index (κ3) is 4.01. The Balaban J connectivity index is 2.12. The lowest BCUT2D eigenvalue weighted by atomic mass is 9.96. The molecular weight excluding hydrogens is 316 g/mol. The summed E-state index contributed by atoms with van der Waals surface area (Å²) in [5, 5.41) is 2.28. The summed E-state index contributed by atoms with van der Waals surface area (Å²) in [4.78, 5) is 12.1. The number of anilines is 1. The minimum absolute atomic E-state index is 0.0520. The van der Waals surface area contributed by atoms with Crippen LogP contribution >= 0.6 is 0 Å². The number of halogens is 2. The Bertz CT molecular complexity index is 714. The Labute approximate surface area is 139 Å². The molecule has 2 rings (SSSR count). The van der Waals surface area contributed by atoms with Crippen molar-refractivity contribution in [2.45, 2.75) is 19.3 Å². The molecule has 0 saturated heterocycles. The molecule has 128 valence electrons. The molecule has 0 bridgehead atoms. The molecule has 0 fully saturated rings. The number of hydrogen-bond donors (Lipinski definition) is 1. The maximum atomic E-state index is 13.6. The van der Waals surface area contributed by atoms with Gasteiger partial charge in [-0.25, -0.2) is 8.78 Å². The van der Waals surface area contributed by atoms with Crippen molar-refractivity contribution in [3.63, 3.8) is 0 Å². The topological polar surface area (TPSA) is 47.6 Å². The smallest absolute Gasteiger partial charge is 0.225 e. The van der Waals surface area contributed by atoms with Crippen molar-refractivity contribution in [2.75, 3.05) is 19.5 Å². The van der Waals surface area contributed by atoms with E-state index < -0.39 is 23.2 Å². The highest BCUT2D eigenvalue weighted by Gasteiger charge is 2.18.